The Balaban J connectivity index is 1.31. The van der Waals surface area contributed by atoms with Crippen molar-refractivity contribution in [3.8, 4) is 16.8 Å². The van der Waals surface area contributed by atoms with Gasteiger partial charge in [0, 0.05) is 38.6 Å². The number of rotatable bonds is 5. The largest absolute Gasteiger partial charge is 0.456 e. The first kappa shape index (κ1) is 27.5. The molecule has 2 heterocycles. The Bertz CT molecular complexity index is 2810. The van der Waals surface area contributed by atoms with Crippen molar-refractivity contribution in [1.82, 2.24) is 4.57 Å². The van der Waals surface area contributed by atoms with E-state index in [1.807, 2.05) is 6.07 Å². The van der Waals surface area contributed by atoms with Crippen LogP contribution in [0.4, 0.5) is 17.1 Å². The molecule has 0 saturated carbocycles. The Kier molecular flexibility index (Phi) is 6.18. The summed E-state index contributed by atoms with van der Waals surface area (Å²) < 4.78 is 8.94. The van der Waals surface area contributed by atoms with Crippen LogP contribution in [-0.2, 0) is 0 Å². The standard InChI is InChI=1S/C46H30N2O/c1-3-13-31(14-4-1)32-23-25-35(26-24-32)47(46-37-18-8-7-15-33(37)29-44-45(46)40-20-10-12-22-43(40)49-44)36-27-28-39-38-19-9-11-21-41(38)48(42(39)30-36)34-16-5-2-6-17-34/h1-30H. The summed E-state index contributed by atoms with van der Waals surface area (Å²) in [5, 5.41) is 6.96. The molecule has 0 fully saturated rings. The molecule has 0 bridgehead atoms. The highest BCUT2D eigenvalue weighted by Crippen LogP contribution is 2.48. The lowest BCUT2D eigenvalue weighted by Gasteiger charge is -2.28. The van der Waals surface area contributed by atoms with E-state index in [1.165, 1.54) is 27.4 Å². The summed E-state index contributed by atoms with van der Waals surface area (Å²) in [6, 6.07) is 65.0. The number of fused-ring (bicyclic) bond motifs is 7. The lowest BCUT2D eigenvalue weighted by atomic mass is 10.00. The zero-order valence-corrected chi connectivity index (χ0v) is 26.6. The maximum atomic E-state index is 6.56. The van der Waals surface area contributed by atoms with Gasteiger partial charge in [-0.2, -0.15) is 0 Å². The van der Waals surface area contributed by atoms with Gasteiger partial charge in [0.05, 0.1) is 22.1 Å². The van der Waals surface area contributed by atoms with Crippen molar-refractivity contribution in [2.75, 3.05) is 4.90 Å². The van der Waals surface area contributed by atoms with Crippen LogP contribution in [0.1, 0.15) is 0 Å². The average molecular weight is 627 g/mol. The summed E-state index contributed by atoms with van der Waals surface area (Å²) >= 11 is 0. The quantitative estimate of drug-likeness (QED) is 0.190. The van der Waals surface area contributed by atoms with Gasteiger partial charge in [0.1, 0.15) is 11.2 Å². The number of aromatic nitrogens is 1. The molecular weight excluding hydrogens is 597 g/mol. The van der Waals surface area contributed by atoms with E-state index in [4.69, 9.17) is 4.42 Å². The van der Waals surface area contributed by atoms with E-state index >= 15 is 0 Å². The number of furan rings is 1. The third-order valence-electron chi connectivity index (χ3n) is 9.75. The molecule has 0 saturated heterocycles. The van der Waals surface area contributed by atoms with Gasteiger partial charge < -0.3 is 13.9 Å². The van der Waals surface area contributed by atoms with Crippen LogP contribution in [0.3, 0.4) is 0 Å². The third kappa shape index (κ3) is 4.37. The molecular formula is C46H30N2O. The van der Waals surface area contributed by atoms with Crippen LogP contribution in [-0.4, -0.2) is 4.57 Å². The normalized spacial score (nSPS) is 11.7. The number of para-hydroxylation sites is 3. The minimum absolute atomic E-state index is 0.875. The van der Waals surface area contributed by atoms with Gasteiger partial charge in [-0.1, -0.05) is 127 Å². The first-order valence-corrected chi connectivity index (χ1v) is 16.7. The van der Waals surface area contributed by atoms with Crippen LogP contribution in [0, 0.1) is 0 Å². The van der Waals surface area contributed by atoms with Crippen molar-refractivity contribution < 1.29 is 4.42 Å². The molecule has 3 heteroatoms. The molecule has 0 N–H and O–H groups in total. The predicted molar refractivity (Wildman–Crippen MR) is 206 cm³/mol. The summed E-state index contributed by atoms with van der Waals surface area (Å²) in [7, 11) is 0. The van der Waals surface area contributed by atoms with Gasteiger partial charge in [-0.05, 0) is 71.1 Å². The summed E-state index contributed by atoms with van der Waals surface area (Å²) in [6.45, 7) is 0. The van der Waals surface area contributed by atoms with Crippen molar-refractivity contribution >= 4 is 71.6 Å². The van der Waals surface area contributed by atoms with E-state index in [-0.39, 0.29) is 0 Å². The monoisotopic (exact) mass is 626 g/mol. The fraction of sp³-hybridized carbons (Fsp3) is 0. The Morgan fingerprint density at radius 2 is 1.02 bits per heavy atom. The van der Waals surface area contributed by atoms with Gasteiger partial charge in [0.25, 0.3) is 0 Å². The predicted octanol–water partition coefficient (Wildman–Crippen LogP) is 13.0. The van der Waals surface area contributed by atoms with Gasteiger partial charge >= 0.3 is 0 Å². The zero-order chi connectivity index (χ0) is 32.3. The second-order valence-corrected chi connectivity index (χ2v) is 12.6. The maximum absolute atomic E-state index is 6.56. The molecule has 0 aliphatic heterocycles. The summed E-state index contributed by atoms with van der Waals surface area (Å²) in [4.78, 5) is 2.42. The smallest absolute Gasteiger partial charge is 0.138 e. The van der Waals surface area contributed by atoms with Crippen molar-refractivity contribution in [1.29, 1.82) is 0 Å². The van der Waals surface area contributed by atoms with Gasteiger partial charge in [0.15, 0.2) is 0 Å². The van der Waals surface area contributed by atoms with E-state index < -0.39 is 0 Å². The molecule has 10 aromatic rings. The summed E-state index contributed by atoms with van der Waals surface area (Å²) in [6.07, 6.45) is 0. The fourth-order valence-corrected chi connectivity index (χ4v) is 7.55. The van der Waals surface area contributed by atoms with E-state index in [2.05, 4.69) is 185 Å². The van der Waals surface area contributed by atoms with Crippen LogP contribution in [0.2, 0.25) is 0 Å². The molecule has 0 spiro atoms. The number of anilines is 3. The number of hydrogen-bond acceptors (Lipinski definition) is 2. The van der Waals surface area contributed by atoms with Gasteiger partial charge in [-0.15, -0.1) is 0 Å². The highest BCUT2D eigenvalue weighted by atomic mass is 16.3. The summed E-state index contributed by atoms with van der Waals surface area (Å²) in [5.41, 5.74) is 10.9. The SMILES string of the molecule is c1ccc(-c2ccc(N(c3ccc4c5ccccc5n(-c5ccccc5)c4c3)c3c4ccccc4cc4oc5ccccc5c34)cc2)cc1. The Labute approximate surface area is 283 Å². The molecule has 230 valence electrons. The van der Waals surface area contributed by atoms with Gasteiger partial charge in [-0.25, -0.2) is 0 Å². The lowest BCUT2D eigenvalue weighted by Crippen LogP contribution is -2.11. The highest BCUT2D eigenvalue weighted by Gasteiger charge is 2.24. The van der Waals surface area contributed by atoms with E-state index in [9.17, 15) is 0 Å². The first-order chi connectivity index (χ1) is 24.3. The van der Waals surface area contributed by atoms with E-state index in [0.717, 1.165) is 61.0 Å². The van der Waals surface area contributed by atoms with Crippen molar-refractivity contribution in [3.05, 3.63) is 182 Å². The highest BCUT2D eigenvalue weighted by molar-refractivity contribution is 6.22. The van der Waals surface area contributed by atoms with Crippen LogP contribution >= 0.6 is 0 Å². The van der Waals surface area contributed by atoms with E-state index in [0.29, 0.717) is 0 Å². The second kappa shape index (κ2) is 11.0. The summed E-state index contributed by atoms with van der Waals surface area (Å²) in [5.74, 6) is 0. The maximum Gasteiger partial charge on any atom is 0.138 e. The first-order valence-electron chi connectivity index (χ1n) is 16.7. The number of benzene rings is 8. The number of nitrogens with zero attached hydrogens (tertiary/aromatic N) is 2. The minimum atomic E-state index is 0.875. The van der Waals surface area contributed by atoms with Crippen molar-refractivity contribution in [3.63, 3.8) is 0 Å². The average Bonchev–Trinajstić information content (AvgIpc) is 3.71. The molecule has 0 unspecified atom stereocenters. The minimum Gasteiger partial charge on any atom is -0.456 e. The molecule has 10 rings (SSSR count). The molecule has 0 radical (unpaired) electrons. The van der Waals surface area contributed by atoms with Crippen LogP contribution in [0.5, 0.6) is 0 Å². The Hall–Kier alpha value is -6.58. The molecule has 0 aliphatic rings. The van der Waals surface area contributed by atoms with E-state index in [1.54, 1.807) is 0 Å². The lowest BCUT2D eigenvalue weighted by molar-refractivity contribution is 0.669. The molecule has 8 aromatic carbocycles. The fourth-order valence-electron chi connectivity index (χ4n) is 7.55. The molecule has 49 heavy (non-hydrogen) atoms. The van der Waals surface area contributed by atoms with Crippen molar-refractivity contribution in [2.45, 2.75) is 0 Å². The molecule has 0 aliphatic carbocycles. The topological polar surface area (TPSA) is 21.3 Å². The van der Waals surface area contributed by atoms with Gasteiger partial charge in [-0.3, -0.25) is 0 Å². The molecule has 0 atom stereocenters. The van der Waals surface area contributed by atoms with Crippen LogP contribution < -0.4 is 4.90 Å². The molecule has 0 amide bonds. The van der Waals surface area contributed by atoms with Gasteiger partial charge in [0.2, 0.25) is 0 Å². The second-order valence-electron chi connectivity index (χ2n) is 12.6. The van der Waals surface area contributed by atoms with Crippen LogP contribution in [0.15, 0.2) is 186 Å². The molecule has 2 aromatic heterocycles. The zero-order valence-electron chi connectivity index (χ0n) is 26.6. The Morgan fingerprint density at radius 3 is 1.84 bits per heavy atom. The van der Waals surface area contributed by atoms with Crippen LogP contribution in [0.25, 0.3) is 71.3 Å². The number of hydrogen-bond donors (Lipinski definition) is 0. The third-order valence-corrected chi connectivity index (χ3v) is 9.75. The Morgan fingerprint density at radius 1 is 0.408 bits per heavy atom. The molecule has 3 nitrogen and oxygen atoms in total. The van der Waals surface area contributed by atoms with Crippen molar-refractivity contribution in [2.24, 2.45) is 0 Å².